The summed E-state index contributed by atoms with van der Waals surface area (Å²) in [6.45, 7) is 1.81. The fourth-order valence-corrected chi connectivity index (χ4v) is 2.34. The molecule has 17 heavy (non-hydrogen) atoms. The van der Waals surface area contributed by atoms with Crippen molar-refractivity contribution in [3.8, 4) is 0 Å². The molecular formula is C12H11ClN2OS. The molecule has 0 spiro atoms. The fourth-order valence-electron chi connectivity index (χ4n) is 1.39. The highest BCUT2D eigenvalue weighted by molar-refractivity contribution is 7.11. The molecule has 0 aliphatic carbocycles. The van der Waals surface area contributed by atoms with Crippen LogP contribution in [0.3, 0.4) is 0 Å². The molecule has 1 amide bonds. The van der Waals surface area contributed by atoms with Crippen molar-refractivity contribution in [2.75, 3.05) is 5.32 Å². The molecule has 0 unspecified atom stereocenters. The van der Waals surface area contributed by atoms with Crippen LogP contribution in [0, 0.1) is 6.92 Å². The summed E-state index contributed by atoms with van der Waals surface area (Å²) >= 11 is 7.19. The molecule has 0 fully saturated rings. The number of carbonyl (C=O) groups is 1. The first-order valence-corrected chi connectivity index (χ1v) is 6.27. The summed E-state index contributed by atoms with van der Waals surface area (Å²) in [6, 6.07) is 9.57. The number of halogens is 1. The van der Waals surface area contributed by atoms with Gasteiger partial charge in [-0.1, -0.05) is 41.9 Å². The van der Waals surface area contributed by atoms with E-state index in [4.69, 9.17) is 11.6 Å². The lowest BCUT2D eigenvalue weighted by Gasteiger charge is -2.02. The van der Waals surface area contributed by atoms with Gasteiger partial charge in [-0.3, -0.25) is 4.79 Å². The van der Waals surface area contributed by atoms with Crippen molar-refractivity contribution in [1.82, 2.24) is 4.37 Å². The average molecular weight is 267 g/mol. The third-order valence-electron chi connectivity index (χ3n) is 2.25. The SMILES string of the molecule is Cc1nsc(NC(=O)Cc2ccccc2)c1Cl. The number of nitrogens with zero attached hydrogens (tertiary/aromatic N) is 1. The molecule has 1 heterocycles. The van der Waals surface area contributed by atoms with E-state index in [1.807, 2.05) is 37.3 Å². The third-order valence-corrected chi connectivity index (χ3v) is 3.68. The Kier molecular flexibility index (Phi) is 3.76. The number of hydrogen-bond donors (Lipinski definition) is 1. The first-order valence-electron chi connectivity index (χ1n) is 5.12. The molecule has 0 saturated carbocycles. The van der Waals surface area contributed by atoms with Crippen molar-refractivity contribution >= 4 is 34.0 Å². The Morgan fingerprint density at radius 2 is 2.12 bits per heavy atom. The molecular weight excluding hydrogens is 256 g/mol. The number of aromatic nitrogens is 1. The second-order valence-electron chi connectivity index (χ2n) is 3.62. The molecule has 1 N–H and O–H groups in total. The van der Waals surface area contributed by atoms with Crippen LogP contribution < -0.4 is 5.32 Å². The van der Waals surface area contributed by atoms with Gasteiger partial charge in [0.25, 0.3) is 0 Å². The van der Waals surface area contributed by atoms with E-state index in [1.165, 1.54) is 11.5 Å². The maximum Gasteiger partial charge on any atom is 0.229 e. The van der Waals surface area contributed by atoms with Gasteiger partial charge in [0, 0.05) is 0 Å². The molecule has 2 aromatic rings. The predicted molar refractivity (Wildman–Crippen MR) is 70.6 cm³/mol. The highest BCUT2D eigenvalue weighted by atomic mass is 35.5. The van der Waals surface area contributed by atoms with E-state index in [9.17, 15) is 4.79 Å². The monoisotopic (exact) mass is 266 g/mol. The zero-order valence-electron chi connectivity index (χ0n) is 9.24. The van der Waals surface area contributed by atoms with Gasteiger partial charge in [-0.05, 0) is 24.0 Å². The van der Waals surface area contributed by atoms with Crippen LogP contribution >= 0.6 is 23.1 Å². The Bertz CT molecular complexity index is 525. The molecule has 0 bridgehead atoms. The Hall–Kier alpha value is -1.39. The van der Waals surface area contributed by atoms with Crippen molar-refractivity contribution in [2.45, 2.75) is 13.3 Å². The van der Waals surface area contributed by atoms with Crippen molar-refractivity contribution in [3.63, 3.8) is 0 Å². The zero-order chi connectivity index (χ0) is 12.3. The summed E-state index contributed by atoms with van der Waals surface area (Å²) in [5.41, 5.74) is 1.72. The summed E-state index contributed by atoms with van der Waals surface area (Å²) in [5.74, 6) is -0.0817. The van der Waals surface area contributed by atoms with E-state index >= 15 is 0 Å². The van der Waals surface area contributed by atoms with Crippen LogP contribution in [0.5, 0.6) is 0 Å². The van der Waals surface area contributed by atoms with E-state index in [1.54, 1.807) is 0 Å². The van der Waals surface area contributed by atoms with Crippen molar-refractivity contribution in [3.05, 3.63) is 46.6 Å². The minimum Gasteiger partial charge on any atom is -0.315 e. The van der Waals surface area contributed by atoms with Crippen molar-refractivity contribution in [2.24, 2.45) is 0 Å². The van der Waals surface area contributed by atoms with Gasteiger partial charge in [-0.15, -0.1) is 0 Å². The number of carbonyl (C=O) groups excluding carboxylic acids is 1. The smallest absolute Gasteiger partial charge is 0.229 e. The zero-order valence-corrected chi connectivity index (χ0v) is 10.8. The highest BCUT2D eigenvalue weighted by Gasteiger charge is 2.11. The highest BCUT2D eigenvalue weighted by Crippen LogP contribution is 2.29. The van der Waals surface area contributed by atoms with Crippen LogP contribution in [0.2, 0.25) is 5.02 Å². The minimum absolute atomic E-state index is 0.0817. The molecule has 0 saturated heterocycles. The van der Waals surface area contributed by atoms with Gasteiger partial charge in [0.05, 0.1) is 17.1 Å². The van der Waals surface area contributed by atoms with Crippen molar-refractivity contribution < 1.29 is 4.79 Å². The average Bonchev–Trinajstić information content (AvgIpc) is 2.62. The number of nitrogens with one attached hydrogen (secondary N) is 1. The Balaban J connectivity index is 2.01. The first-order chi connectivity index (χ1) is 8.16. The maximum atomic E-state index is 11.8. The summed E-state index contributed by atoms with van der Waals surface area (Å²) in [5, 5.41) is 3.90. The molecule has 0 aliphatic rings. The first kappa shape index (κ1) is 12.1. The van der Waals surface area contributed by atoms with Crippen LogP contribution in [0.25, 0.3) is 0 Å². The second-order valence-corrected chi connectivity index (χ2v) is 4.77. The van der Waals surface area contributed by atoms with Gasteiger partial charge in [-0.25, -0.2) is 0 Å². The molecule has 1 aromatic heterocycles. The molecule has 2 rings (SSSR count). The minimum atomic E-state index is -0.0817. The summed E-state index contributed by atoms with van der Waals surface area (Å²) in [6.07, 6.45) is 0.341. The molecule has 3 nitrogen and oxygen atoms in total. The van der Waals surface area contributed by atoms with E-state index in [-0.39, 0.29) is 5.91 Å². The van der Waals surface area contributed by atoms with Gasteiger partial charge in [0.1, 0.15) is 5.00 Å². The van der Waals surface area contributed by atoms with Crippen LogP contribution in [-0.4, -0.2) is 10.3 Å². The Morgan fingerprint density at radius 3 is 2.71 bits per heavy atom. The molecule has 0 radical (unpaired) electrons. The summed E-state index contributed by atoms with van der Waals surface area (Å²) in [4.78, 5) is 11.8. The van der Waals surface area contributed by atoms with Crippen molar-refractivity contribution in [1.29, 1.82) is 0 Å². The van der Waals surface area contributed by atoms with Crippen LogP contribution in [0.4, 0.5) is 5.00 Å². The van der Waals surface area contributed by atoms with Crippen LogP contribution in [0.15, 0.2) is 30.3 Å². The van der Waals surface area contributed by atoms with E-state index < -0.39 is 0 Å². The Labute approximate surface area is 109 Å². The lowest BCUT2D eigenvalue weighted by atomic mass is 10.1. The Morgan fingerprint density at radius 1 is 1.41 bits per heavy atom. The van der Waals surface area contributed by atoms with Gasteiger partial charge in [-0.2, -0.15) is 4.37 Å². The summed E-state index contributed by atoms with van der Waals surface area (Å²) in [7, 11) is 0. The second kappa shape index (κ2) is 5.29. The number of benzene rings is 1. The van der Waals surface area contributed by atoms with Gasteiger partial charge < -0.3 is 5.32 Å². The summed E-state index contributed by atoms with van der Waals surface area (Å²) < 4.78 is 4.07. The standard InChI is InChI=1S/C12H11ClN2OS/c1-8-11(13)12(17-15-8)14-10(16)7-9-5-3-2-4-6-9/h2-6H,7H2,1H3,(H,14,16). The van der Waals surface area contributed by atoms with Gasteiger partial charge >= 0.3 is 0 Å². The third kappa shape index (κ3) is 3.05. The molecule has 5 heteroatoms. The molecule has 0 atom stereocenters. The van der Waals surface area contributed by atoms with E-state index in [2.05, 4.69) is 9.69 Å². The maximum absolute atomic E-state index is 11.8. The molecule has 88 valence electrons. The topological polar surface area (TPSA) is 42.0 Å². The number of anilines is 1. The number of hydrogen-bond acceptors (Lipinski definition) is 3. The van der Waals surface area contributed by atoms with E-state index in [0.29, 0.717) is 16.4 Å². The van der Waals surface area contributed by atoms with Gasteiger partial charge in [0.15, 0.2) is 0 Å². The van der Waals surface area contributed by atoms with Crippen LogP contribution in [-0.2, 0) is 11.2 Å². The number of aryl methyl sites for hydroxylation is 1. The van der Waals surface area contributed by atoms with Crippen LogP contribution in [0.1, 0.15) is 11.3 Å². The lowest BCUT2D eigenvalue weighted by molar-refractivity contribution is -0.115. The quantitative estimate of drug-likeness (QED) is 0.926. The van der Waals surface area contributed by atoms with E-state index in [0.717, 1.165) is 11.3 Å². The molecule has 1 aromatic carbocycles. The largest absolute Gasteiger partial charge is 0.315 e. The normalized spacial score (nSPS) is 10.2. The number of amides is 1. The van der Waals surface area contributed by atoms with Gasteiger partial charge in [0.2, 0.25) is 5.91 Å². The predicted octanol–water partition coefficient (Wildman–Crippen LogP) is 3.29. The lowest BCUT2D eigenvalue weighted by Crippen LogP contribution is -2.13. The fraction of sp³-hybridized carbons (Fsp3) is 0.167. The molecule has 0 aliphatic heterocycles. The number of rotatable bonds is 3.